The van der Waals surface area contributed by atoms with Crippen LogP contribution in [0.2, 0.25) is 5.02 Å². The van der Waals surface area contributed by atoms with Crippen LogP contribution in [0.15, 0.2) is 53.4 Å². The van der Waals surface area contributed by atoms with Gasteiger partial charge in [-0.1, -0.05) is 24.9 Å². The number of nitrogens with one attached hydrogen (secondary N) is 1. The van der Waals surface area contributed by atoms with Gasteiger partial charge in [-0.2, -0.15) is 0 Å². The summed E-state index contributed by atoms with van der Waals surface area (Å²) in [5, 5.41) is 2.91. The van der Waals surface area contributed by atoms with Gasteiger partial charge in [0.05, 0.1) is 17.1 Å². The first-order valence-corrected chi connectivity index (χ1v) is 10.4. The van der Waals surface area contributed by atoms with Crippen molar-refractivity contribution in [3.05, 3.63) is 59.1 Å². The molecule has 144 valence electrons. The largest absolute Gasteiger partial charge is 0.462 e. The fourth-order valence-electron chi connectivity index (χ4n) is 2.18. The predicted molar refractivity (Wildman–Crippen MR) is 104 cm³/mol. The van der Waals surface area contributed by atoms with Crippen LogP contribution in [0.4, 0.5) is 5.69 Å². The zero-order valence-corrected chi connectivity index (χ0v) is 16.3. The van der Waals surface area contributed by atoms with Crippen molar-refractivity contribution in [2.75, 3.05) is 17.7 Å². The molecule has 27 heavy (non-hydrogen) atoms. The molecule has 0 bridgehead atoms. The number of amides is 1. The van der Waals surface area contributed by atoms with Gasteiger partial charge in [-0.3, -0.25) is 4.79 Å². The highest BCUT2D eigenvalue weighted by molar-refractivity contribution is 7.92. The van der Waals surface area contributed by atoms with Crippen LogP contribution in [0.3, 0.4) is 0 Å². The molecule has 0 atom stereocenters. The highest BCUT2D eigenvalue weighted by atomic mass is 35.5. The summed E-state index contributed by atoms with van der Waals surface area (Å²) >= 11 is 5.74. The number of ether oxygens (including phenoxy) is 1. The third kappa shape index (κ3) is 6.37. The summed E-state index contributed by atoms with van der Waals surface area (Å²) in [6.45, 7) is 2.36. The number of halogens is 1. The number of hydrogen-bond acceptors (Lipinski definition) is 5. The van der Waals surface area contributed by atoms with Crippen LogP contribution in [0.1, 0.15) is 30.1 Å². The van der Waals surface area contributed by atoms with Crippen molar-refractivity contribution in [1.82, 2.24) is 0 Å². The van der Waals surface area contributed by atoms with E-state index in [1.165, 1.54) is 48.5 Å². The summed E-state index contributed by atoms with van der Waals surface area (Å²) in [5.41, 5.74) is 0.745. The number of esters is 1. The monoisotopic (exact) mass is 409 g/mol. The topological polar surface area (TPSA) is 89.5 Å². The summed E-state index contributed by atoms with van der Waals surface area (Å²) in [7, 11) is -3.78. The van der Waals surface area contributed by atoms with Crippen LogP contribution in [0.5, 0.6) is 0 Å². The minimum Gasteiger partial charge on any atom is -0.462 e. The van der Waals surface area contributed by atoms with E-state index < -0.39 is 27.5 Å². The van der Waals surface area contributed by atoms with E-state index in [2.05, 4.69) is 5.32 Å². The lowest BCUT2D eigenvalue weighted by Gasteiger charge is -2.08. The SMILES string of the molecule is CCCCOC(=O)c1ccc(NC(=O)CS(=O)(=O)c2ccc(Cl)cc2)cc1. The summed E-state index contributed by atoms with van der Waals surface area (Å²) in [6, 6.07) is 11.7. The summed E-state index contributed by atoms with van der Waals surface area (Å²) in [5.74, 6) is -1.81. The molecular weight excluding hydrogens is 390 g/mol. The first-order valence-electron chi connectivity index (χ1n) is 8.37. The number of anilines is 1. The van der Waals surface area contributed by atoms with Gasteiger partial charge in [-0.15, -0.1) is 0 Å². The number of hydrogen-bond donors (Lipinski definition) is 1. The molecule has 0 saturated carbocycles. The second-order valence-corrected chi connectivity index (χ2v) is 8.25. The molecule has 8 heteroatoms. The molecule has 2 aromatic carbocycles. The van der Waals surface area contributed by atoms with Crippen molar-refractivity contribution >= 4 is 39.0 Å². The number of unbranched alkanes of at least 4 members (excludes halogenated alkanes) is 1. The van der Waals surface area contributed by atoms with Crippen molar-refractivity contribution in [2.45, 2.75) is 24.7 Å². The first kappa shape index (κ1) is 20.9. The number of benzene rings is 2. The molecule has 0 radical (unpaired) electrons. The van der Waals surface area contributed by atoms with E-state index in [0.717, 1.165) is 12.8 Å². The molecule has 0 fully saturated rings. The van der Waals surface area contributed by atoms with E-state index in [0.29, 0.717) is 22.9 Å². The smallest absolute Gasteiger partial charge is 0.338 e. The van der Waals surface area contributed by atoms with Gasteiger partial charge in [0.15, 0.2) is 9.84 Å². The maximum Gasteiger partial charge on any atom is 0.338 e. The fourth-order valence-corrected chi connectivity index (χ4v) is 3.44. The Morgan fingerprint density at radius 1 is 1.04 bits per heavy atom. The van der Waals surface area contributed by atoms with Gasteiger partial charge in [-0.05, 0) is 55.0 Å². The van der Waals surface area contributed by atoms with Crippen LogP contribution in [-0.4, -0.2) is 32.7 Å². The van der Waals surface area contributed by atoms with E-state index in [9.17, 15) is 18.0 Å². The number of rotatable bonds is 8. The fraction of sp³-hybridized carbons (Fsp3) is 0.263. The predicted octanol–water partition coefficient (Wildman–Crippen LogP) is 3.71. The lowest BCUT2D eigenvalue weighted by atomic mass is 10.2. The molecule has 2 rings (SSSR count). The Morgan fingerprint density at radius 2 is 1.67 bits per heavy atom. The molecule has 2 aromatic rings. The molecule has 0 unspecified atom stereocenters. The Kier molecular flexibility index (Phi) is 7.38. The van der Waals surface area contributed by atoms with Gasteiger partial charge in [-0.25, -0.2) is 13.2 Å². The third-order valence-corrected chi connectivity index (χ3v) is 5.51. The second-order valence-electron chi connectivity index (χ2n) is 5.83. The summed E-state index contributed by atoms with van der Waals surface area (Å²) in [6.07, 6.45) is 1.72. The van der Waals surface area contributed by atoms with Gasteiger partial charge < -0.3 is 10.1 Å². The van der Waals surface area contributed by atoms with E-state index >= 15 is 0 Å². The zero-order valence-electron chi connectivity index (χ0n) is 14.8. The summed E-state index contributed by atoms with van der Waals surface area (Å²) in [4.78, 5) is 23.9. The van der Waals surface area contributed by atoms with E-state index in [4.69, 9.17) is 16.3 Å². The molecule has 0 saturated heterocycles. The maximum absolute atomic E-state index is 12.2. The number of sulfone groups is 1. The third-order valence-electron chi connectivity index (χ3n) is 3.63. The lowest BCUT2D eigenvalue weighted by molar-refractivity contribution is -0.113. The lowest BCUT2D eigenvalue weighted by Crippen LogP contribution is -2.23. The van der Waals surface area contributed by atoms with E-state index in [-0.39, 0.29) is 4.90 Å². The molecule has 0 aliphatic heterocycles. The molecule has 0 aromatic heterocycles. The normalized spacial score (nSPS) is 11.0. The van der Waals surface area contributed by atoms with E-state index in [1.54, 1.807) is 0 Å². The van der Waals surface area contributed by atoms with Gasteiger partial charge in [0.2, 0.25) is 5.91 Å². The molecule has 0 spiro atoms. The Morgan fingerprint density at radius 3 is 2.26 bits per heavy atom. The minimum absolute atomic E-state index is 0.0206. The van der Waals surface area contributed by atoms with E-state index in [1.807, 2.05) is 6.92 Å². The Labute approximate surface area is 163 Å². The Bertz CT molecular complexity index is 893. The molecular formula is C19H20ClNO5S. The van der Waals surface area contributed by atoms with Crippen molar-refractivity contribution in [3.8, 4) is 0 Å². The van der Waals surface area contributed by atoms with Crippen LogP contribution in [-0.2, 0) is 19.4 Å². The average molecular weight is 410 g/mol. The van der Waals surface area contributed by atoms with Crippen molar-refractivity contribution in [2.24, 2.45) is 0 Å². The first-order chi connectivity index (χ1) is 12.8. The average Bonchev–Trinajstić information content (AvgIpc) is 2.62. The Balaban J connectivity index is 1.95. The molecule has 0 aliphatic carbocycles. The molecule has 0 heterocycles. The second kappa shape index (κ2) is 9.53. The van der Waals surface area contributed by atoms with Crippen LogP contribution >= 0.6 is 11.6 Å². The molecule has 6 nitrogen and oxygen atoms in total. The maximum atomic E-state index is 12.2. The van der Waals surface area contributed by atoms with Crippen LogP contribution in [0, 0.1) is 0 Å². The number of carbonyl (C=O) groups is 2. The van der Waals surface area contributed by atoms with Gasteiger partial charge in [0.1, 0.15) is 5.75 Å². The highest BCUT2D eigenvalue weighted by Crippen LogP contribution is 2.16. The van der Waals surface area contributed by atoms with Crippen LogP contribution in [0.25, 0.3) is 0 Å². The van der Waals surface area contributed by atoms with Crippen molar-refractivity contribution in [1.29, 1.82) is 0 Å². The highest BCUT2D eigenvalue weighted by Gasteiger charge is 2.19. The standard InChI is InChI=1S/C19H20ClNO5S/c1-2-3-12-26-19(23)14-4-8-16(9-5-14)21-18(22)13-27(24,25)17-10-6-15(20)7-11-17/h4-11H,2-3,12-13H2,1H3,(H,21,22). The van der Waals surface area contributed by atoms with Crippen molar-refractivity contribution in [3.63, 3.8) is 0 Å². The Hall–Kier alpha value is -2.38. The molecule has 0 aliphatic rings. The minimum atomic E-state index is -3.78. The van der Waals surface area contributed by atoms with Gasteiger partial charge in [0.25, 0.3) is 0 Å². The van der Waals surface area contributed by atoms with Crippen LogP contribution < -0.4 is 5.32 Å². The van der Waals surface area contributed by atoms with Gasteiger partial charge in [0, 0.05) is 10.7 Å². The molecule has 1 N–H and O–H groups in total. The zero-order chi connectivity index (χ0) is 19.9. The van der Waals surface area contributed by atoms with Gasteiger partial charge >= 0.3 is 5.97 Å². The molecule has 1 amide bonds. The summed E-state index contributed by atoms with van der Waals surface area (Å²) < 4.78 is 29.6. The number of carbonyl (C=O) groups excluding carboxylic acids is 2. The van der Waals surface area contributed by atoms with Crippen molar-refractivity contribution < 1.29 is 22.7 Å². The quantitative estimate of drug-likeness (QED) is 0.530.